The van der Waals surface area contributed by atoms with E-state index >= 15 is 0 Å². The second kappa shape index (κ2) is 8.04. The molecule has 1 unspecified atom stereocenters. The Labute approximate surface area is 121 Å². The Morgan fingerprint density at radius 3 is 2.95 bits per heavy atom. The van der Waals surface area contributed by atoms with Gasteiger partial charge in [0, 0.05) is 25.6 Å². The molecule has 1 aliphatic heterocycles. The smallest absolute Gasteiger partial charge is 0.218 e. The summed E-state index contributed by atoms with van der Waals surface area (Å²) < 4.78 is 11.5. The van der Waals surface area contributed by atoms with Crippen molar-refractivity contribution in [3.63, 3.8) is 0 Å². The molecule has 0 spiro atoms. The highest BCUT2D eigenvalue weighted by Crippen LogP contribution is 2.17. The van der Waals surface area contributed by atoms with Crippen LogP contribution in [0.5, 0.6) is 5.88 Å². The number of ether oxygens (including phenoxy) is 2. The molecule has 5 heteroatoms. The van der Waals surface area contributed by atoms with Crippen LogP contribution in [0.3, 0.4) is 0 Å². The van der Waals surface area contributed by atoms with Gasteiger partial charge in [-0.1, -0.05) is 6.92 Å². The lowest BCUT2D eigenvalue weighted by atomic mass is 10.1. The molecule has 112 valence electrons. The second-order valence-corrected chi connectivity index (χ2v) is 5.09. The third-order valence-electron chi connectivity index (χ3n) is 3.27. The summed E-state index contributed by atoms with van der Waals surface area (Å²) in [6.45, 7) is 6.45. The molecular weight excluding hydrogens is 254 g/mol. The van der Waals surface area contributed by atoms with E-state index in [4.69, 9.17) is 9.47 Å². The molecule has 2 heterocycles. The third kappa shape index (κ3) is 4.63. The summed E-state index contributed by atoms with van der Waals surface area (Å²) in [6, 6.07) is 1.87. The predicted molar refractivity (Wildman–Crippen MR) is 79.3 cm³/mol. The Morgan fingerprint density at radius 2 is 2.25 bits per heavy atom. The highest BCUT2D eigenvalue weighted by molar-refractivity contribution is 5.38. The van der Waals surface area contributed by atoms with Gasteiger partial charge in [0.15, 0.2) is 0 Å². The quantitative estimate of drug-likeness (QED) is 0.831. The van der Waals surface area contributed by atoms with Gasteiger partial charge in [0.25, 0.3) is 0 Å². The number of anilines is 1. The molecule has 1 N–H and O–H groups in total. The van der Waals surface area contributed by atoms with Crippen molar-refractivity contribution in [1.29, 1.82) is 0 Å². The van der Waals surface area contributed by atoms with E-state index < -0.39 is 0 Å². The molecular formula is C15H25N3O2. The van der Waals surface area contributed by atoms with E-state index in [1.807, 2.05) is 6.07 Å². The van der Waals surface area contributed by atoms with E-state index in [-0.39, 0.29) is 6.10 Å². The number of hydrogen-bond acceptors (Lipinski definition) is 5. The number of rotatable bonds is 7. The monoisotopic (exact) mass is 279 g/mol. The topological polar surface area (TPSA) is 56.3 Å². The normalized spacial score (nSPS) is 18.8. The van der Waals surface area contributed by atoms with Gasteiger partial charge in [0.2, 0.25) is 5.88 Å². The van der Waals surface area contributed by atoms with Gasteiger partial charge in [-0.15, -0.1) is 0 Å². The first kappa shape index (κ1) is 15.0. The Kier molecular flexibility index (Phi) is 6.05. The Balaban J connectivity index is 1.97. The first-order valence-corrected chi connectivity index (χ1v) is 7.68. The summed E-state index contributed by atoms with van der Waals surface area (Å²) in [5.74, 6) is 2.32. The van der Waals surface area contributed by atoms with Crippen LogP contribution < -0.4 is 10.1 Å². The molecule has 0 aromatic carbocycles. The number of nitrogens with one attached hydrogen (secondary N) is 1. The standard InChI is InChI=1S/C15H25N3O2/c1-3-7-13-17-14(16-4-2)10-15(18-13)20-11-12-8-5-6-9-19-12/h10,12H,3-9,11H2,1-2H3,(H,16,17,18). The second-order valence-electron chi connectivity index (χ2n) is 5.09. The van der Waals surface area contributed by atoms with Gasteiger partial charge >= 0.3 is 0 Å². The van der Waals surface area contributed by atoms with Crippen molar-refractivity contribution >= 4 is 5.82 Å². The summed E-state index contributed by atoms with van der Waals surface area (Å²) >= 11 is 0. The first-order valence-electron chi connectivity index (χ1n) is 7.68. The van der Waals surface area contributed by atoms with Crippen LogP contribution in [0.25, 0.3) is 0 Å². The molecule has 1 atom stereocenters. The Hall–Kier alpha value is -1.36. The van der Waals surface area contributed by atoms with Crippen molar-refractivity contribution < 1.29 is 9.47 Å². The lowest BCUT2D eigenvalue weighted by Crippen LogP contribution is -2.26. The molecule has 2 rings (SSSR count). The van der Waals surface area contributed by atoms with Crippen LogP contribution in [-0.2, 0) is 11.2 Å². The maximum Gasteiger partial charge on any atom is 0.218 e. The summed E-state index contributed by atoms with van der Waals surface area (Å²) in [5, 5.41) is 3.22. The van der Waals surface area contributed by atoms with Crippen LogP contribution in [-0.4, -0.2) is 35.8 Å². The first-order chi connectivity index (χ1) is 9.81. The predicted octanol–water partition coefficient (Wildman–Crippen LogP) is 2.81. The van der Waals surface area contributed by atoms with Gasteiger partial charge in [0.1, 0.15) is 18.2 Å². The molecule has 0 amide bonds. The number of aryl methyl sites for hydroxylation is 1. The van der Waals surface area contributed by atoms with E-state index in [1.165, 1.54) is 6.42 Å². The zero-order valence-electron chi connectivity index (χ0n) is 12.5. The lowest BCUT2D eigenvalue weighted by Gasteiger charge is -2.22. The third-order valence-corrected chi connectivity index (χ3v) is 3.27. The highest BCUT2D eigenvalue weighted by atomic mass is 16.5. The van der Waals surface area contributed by atoms with Gasteiger partial charge in [-0.25, -0.2) is 4.98 Å². The van der Waals surface area contributed by atoms with Crippen LogP contribution in [0.1, 0.15) is 45.4 Å². The zero-order valence-corrected chi connectivity index (χ0v) is 12.5. The van der Waals surface area contributed by atoms with Crippen LogP contribution in [0.15, 0.2) is 6.07 Å². The van der Waals surface area contributed by atoms with E-state index in [0.717, 1.165) is 50.5 Å². The van der Waals surface area contributed by atoms with Crippen molar-refractivity contribution in [2.75, 3.05) is 25.1 Å². The number of aromatic nitrogens is 2. The molecule has 0 saturated carbocycles. The van der Waals surface area contributed by atoms with Gasteiger partial charge in [0.05, 0.1) is 6.10 Å². The van der Waals surface area contributed by atoms with Gasteiger partial charge in [-0.2, -0.15) is 4.98 Å². The van der Waals surface area contributed by atoms with Crippen molar-refractivity contribution in [1.82, 2.24) is 9.97 Å². The van der Waals surface area contributed by atoms with Crippen LogP contribution >= 0.6 is 0 Å². The van der Waals surface area contributed by atoms with Gasteiger partial charge < -0.3 is 14.8 Å². The SMILES string of the molecule is CCCc1nc(NCC)cc(OCC2CCCCO2)n1. The average molecular weight is 279 g/mol. The summed E-state index contributed by atoms with van der Waals surface area (Å²) in [6.07, 6.45) is 5.57. The summed E-state index contributed by atoms with van der Waals surface area (Å²) in [5.41, 5.74) is 0. The Bertz CT molecular complexity index is 382. The molecule has 1 saturated heterocycles. The van der Waals surface area contributed by atoms with Gasteiger partial charge in [-0.05, 0) is 32.6 Å². The fourth-order valence-electron chi connectivity index (χ4n) is 2.27. The average Bonchev–Trinajstić information content (AvgIpc) is 2.47. The number of nitrogens with zero attached hydrogens (tertiary/aromatic N) is 2. The fourth-order valence-corrected chi connectivity index (χ4v) is 2.27. The molecule has 20 heavy (non-hydrogen) atoms. The summed E-state index contributed by atoms with van der Waals surface area (Å²) in [7, 11) is 0. The van der Waals surface area contributed by atoms with Crippen molar-refractivity contribution in [2.45, 2.75) is 52.1 Å². The maximum atomic E-state index is 5.80. The highest BCUT2D eigenvalue weighted by Gasteiger charge is 2.15. The van der Waals surface area contributed by atoms with E-state index in [1.54, 1.807) is 0 Å². The van der Waals surface area contributed by atoms with Crippen molar-refractivity contribution in [3.05, 3.63) is 11.9 Å². The molecule has 1 aliphatic rings. The largest absolute Gasteiger partial charge is 0.475 e. The molecule has 1 aromatic rings. The molecule has 0 aliphatic carbocycles. The maximum absolute atomic E-state index is 5.80. The van der Waals surface area contributed by atoms with Crippen molar-refractivity contribution in [2.24, 2.45) is 0 Å². The molecule has 5 nitrogen and oxygen atoms in total. The van der Waals surface area contributed by atoms with E-state index in [2.05, 4.69) is 29.1 Å². The minimum absolute atomic E-state index is 0.205. The summed E-state index contributed by atoms with van der Waals surface area (Å²) in [4.78, 5) is 8.94. The molecule has 1 aromatic heterocycles. The van der Waals surface area contributed by atoms with Crippen LogP contribution in [0, 0.1) is 0 Å². The minimum atomic E-state index is 0.205. The fraction of sp³-hybridized carbons (Fsp3) is 0.733. The zero-order chi connectivity index (χ0) is 14.2. The van der Waals surface area contributed by atoms with Crippen LogP contribution in [0.4, 0.5) is 5.82 Å². The van der Waals surface area contributed by atoms with Crippen LogP contribution in [0.2, 0.25) is 0 Å². The van der Waals surface area contributed by atoms with E-state index in [0.29, 0.717) is 12.5 Å². The van der Waals surface area contributed by atoms with E-state index in [9.17, 15) is 0 Å². The molecule has 1 fully saturated rings. The molecule has 0 bridgehead atoms. The Morgan fingerprint density at radius 1 is 1.35 bits per heavy atom. The van der Waals surface area contributed by atoms with Gasteiger partial charge in [-0.3, -0.25) is 0 Å². The van der Waals surface area contributed by atoms with Crippen molar-refractivity contribution in [3.8, 4) is 5.88 Å². The minimum Gasteiger partial charge on any atom is -0.475 e. The number of hydrogen-bond donors (Lipinski definition) is 1. The molecule has 0 radical (unpaired) electrons. The lowest BCUT2D eigenvalue weighted by molar-refractivity contribution is -0.0120.